The molecular weight excluding hydrogens is 453 g/mol. The highest BCUT2D eigenvalue weighted by Crippen LogP contribution is 2.34. The Morgan fingerprint density at radius 2 is 1.97 bits per heavy atom. The predicted molar refractivity (Wildman–Crippen MR) is 122 cm³/mol. The minimum Gasteiger partial charge on any atom is -0.393 e. The third-order valence-corrected chi connectivity index (χ3v) is 6.62. The average molecular weight is 477 g/mol. The van der Waals surface area contributed by atoms with Gasteiger partial charge in [-0.2, -0.15) is 13.2 Å². The van der Waals surface area contributed by atoms with E-state index in [9.17, 15) is 23.1 Å². The smallest absolute Gasteiger partial charge is 0.393 e. The topological polar surface area (TPSA) is 100 Å². The zero-order chi connectivity index (χ0) is 23.8. The number of fused-ring (bicyclic) bond motifs is 1. The summed E-state index contributed by atoms with van der Waals surface area (Å²) in [4.78, 5) is 16.8. The molecule has 0 spiro atoms. The van der Waals surface area contributed by atoms with Gasteiger partial charge >= 0.3 is 6.18 Å². The number of nitrogens with zero attached hydrogens (tertiary/aromatic N) is 1. The van der Waals surface area contributed by atoms with Crippen LogP contribution in [0.3, 0.4) is 0 Å². The number of anilines is 2. The van der Waals surface area contributed by atoms with E-state index in [-0.39, 0.29) is 12.5 Å². The van der Waals surface area contributed by atoms with Gasteiger partial charge in [-0.15, -0.1) is 0 Å². The molecule has 0 saturated heterocycles. The number of aromatic nitrogens is 1. The van der Waals surface area contributed by atoms with Crippen molar-refractivity contribution in [2.75, 3.05) is 17.2 Å². The van der Waals surface area contributed by atoms with E-state index in [0.717, 1.165) is 33.8 Å². The van der Waals surface area contributed by atoms with Gasteiger partial charge < -0.3 is 21.5 Å². The Hall–Kier alpha value is -2.95. The number of thiazole rings is 1. The number of benzene rings is 2. The highest BCUT2D eigenvalue weighted by molar-refractivity contribution is 7.18. The molecule has 2 aromatic carbocycles. The van der Waals surface area contributed by atoms with E-state index >= 15 is 0 Å². The van der Waals surface area contributed by atoms with Crippen LogP contribution >= 0.6 is 11.3 Å². The number of aliphatic hydroxyl groups is 1. The summed E-state index contributed by atoms with van der Waals surface area (Å²) < 4.78 is 38.5. The van der Waals surface area contributed by atoms with Crippen LogP contribution in [0.5, 0.6) is 0 Å². The van der Waals surface area contributed by atoms with Crippen LogP contribution in [0.2, 0.25) is 0 Å². The van der Waals surface area contributed by atoms with Gasteiger partial charge in [0, 0.05) is 30.4 Å². The number of amides is 1. The Bertz CT molecular complexity index is 1150. The van der Waals surface area contributed by atoms with E-state index in [2.05, 4.69) is 15.6 Å². The van der Waals surface area contributed by atoms with Crippen LogP contribution < -0.4 is 16.4 Å². The fraction of sp³-hybridized carbons (Fsp3) is 0.304. The summed E-state index contributed by atoms with van der Waals surface area (Å²) in [6.45, 7) is 1.84. The molecule has 1 aliphatic rings. The van der Waals surface area contributed by atoms with Crippen molar-refractivity contribution >= 4 is 28.1 Å². The van der Waals surface area contributed by atoms with Gasteiger partial charge in [-0.05, 0) is 47.9 Å². The summed E-state index contributed by atoms with van der Waals surface area (Å²) in [7, 11) is 0. The Morgan fingerprint density at radius 3 is 2.64 bits per heavy atom. The summed E-state index contributed by atoms with van der Waals surface area (Å²) in [6, 6.07) is 9.90. The Kier molecular flexibility index (Phi) is 6.42. The van der Waals surface area contributed by atoms with Gasteiger partial charge in [0.15, 0.2) is 5.13 Å². The first-order valence-electron chi connectivity index (χ1n) is 10.4. The zero-order valence-corrected chi connectivity index (χ0v) is 18.5. The lowest BCUT2D eigenvalue weighted by Crippen LogP contribution is -2.40. The molecule has 33 heavy (non-hydrogen) atoms. The largest absolute Gasteiger partial charge is 0.416 e. The standard InChI is InChI=1S/C23H23F3N4O2S/c1-12(31)21(13-2-5-16(6-3-13)23(24,25)26)17(27)10-28-22-29-11-19(33-22)14-4-7-18-15(8-14)9-20(32)30-18/h2-8,11-12,17,21,31H,9-10,27H2,1H3,(H,28,29)(H,30,32)/t12?,17-,21-/m0/s1. The van der Waals surface area contributed by atoms with Crippen LogP contribution in [-0.4, -0.2) is 34.7 Å². The third kappa shape index (κ3) is 5.18. The third-order valence-electron chi connectivity index (χ3n) is 5.61. The van der Waals surface area contributed by atoms with Crippen molar-refractivity contribution in [3.8, 4) is 10.4 Å². The quantitative estimate of drug-likeness (QED) is 0.409. The molecular formula is C23H23F3N4O2S. The molecule has 0 bridgehead atoms. The lowest BCUT2D eigenvalue weighted by molar-refractivity contribution is -0.137. The average Bonchev–Trinajstić information content (AvgIpc) is 3.37. The lowest BCUT2D eigenvalue weighted by atomic mass is 9.87. The Balaban J connectivity index is 1.42. The zero-order valence-electron chi connectivity index (χ0n) is 17.7. The number of carbonyl (C=O) groups excluding carboxylic acids is 1. The van der Waals surface area contributed by atoms with Crippen molar-refractivity contribution in [1.82, 2.24) is 4.98 Å². The maximum atomic E-state index is 12.8. The Labute approximate surface area is 192 Å². The number of rotatable bonds is 7. The molecule has 1 aromatic heterocycles. The van der Waals surface area contributed by atoms with Gasteiger partial charge in [-0.3, -0.25) is 4.79 Å². The number of alkyl halides is 3. The van der Waals surface area contributed by atoms with E-state index in [4.69, 9.17) is 5.73 Å². The maximum absolute atomic E-state index is 12.8. The highest BCUT2D eigenvalue weighted by Gasteiger charge is 2.31. The second-order valence-corrected chi connectivity index (χ2v) is 9.09. The lowest BCUT2D eigenvalue weighted by Gasteiger charge is -2.27. The number of hydrogen-bond donors (Lipinski definition) is 4. The maximum Gasteiger partial charge on any atom is 0.416 e. The van der Waals surface area contributed by atoms with Gasteiger partial charge in [0.05, 0.1) is 23.0 Å². The van der Waals surface area contributed by atoms with Crippen LogP contribution in [0.4, 0.5) is 24.0 Å². The number of halogens is 3. The van der Waals surface area contributed by atoms with Gasteiger partial charge in [-0.1, -0.05) is 29.5 Å². The molecule has 3 aromatic rings. The van der Waals surface area contributed by atoms with E-state index in [0.29, 0.717) is 17.1 Å². The molecule has 10 heteroatoms. The molecule has 174 valence electrons. The first-order valence-corrected chi connectivity index (χ1v) is 11.2. The van der Waals surface area contributed by atoms with Crippen LogP contribution in [0.15, 0.2) is 48.7 Å². The van der Waals surface area contributed by atoms with Crippen molar-refractivity contribution in [3.05, 3.63) is 65.4 Å². The molecule has 1 aliphatic heterocycles. The fourth-order valence-electron chi connectivity index (χ4n) is 3.98. The second-order valence-electron chi connectivity index (χ2n) is 8.06. The van der Waals surface area contributed by atoms with Crippen LogP contribution in [0.1, 0.15) is 29.5 Å². The summed E-state index contributed by atoms with van der Waals surface area (Å²) in [5.74, 6) is -0.579. The number of nitrogens with two attached hydrogens (primary N) is 1. The Morgan fingerprint density at radius 1 is 1.24 bits per heavy atom. The van der Waals surface area contributed by atoms with E-state index in [1.54, 1.807) is 13.1 Å². The summed E-state index contributed by atoms with van der Waals surface area (Å²) >= 11 is 1.42. The van der Waals surface area contributed by atoms with Gasteiger partial charge in [0.1, 0.15) is 0 Å². The SMILES string of the molecule is CC(O)[C@@H](c1ccc(C(F)(F)F)cc1)[C@@H](N)CNc1ncc(-c2ccc3c(c2)CC(=O)N3)s1. The molecule has 5 N–H and O–H groups in total. The number of hydrogen-bond acceptors (Lipinski definition) is 6. The second kappa shape index (κ2) is 9.12. The molecule has 0 saturated carbocycles. The van der Waals surface area contributed by atoms with Gasteiger partial charge in [0.2, 0.25) is 5.91 Å². The van der Waals surface area contributed by atoms with Crippen molar-refractivity contribution in [2.45, 2.75) is 37.6 Å². The van der Waals surface area contributed by atoms with Crippen LogP contribution in [-0.2, 0) is 17.4 Å². The van der Waals surface area contributed by atoms with E-state index < -0.39 is 29.8 Å². The van der Waals surface area contributed by atoms with Crippen LogP contribution in [0, 0.1) is 0 Å². The molecule has 1 amide bonds. The normalized spacial score (nSPS) is 16.1. The molecule has 0 aliphatic carbocycles. The molecule has 0 fully saturated rings. The van der Waals surface area contributed by atoms with Crippen molar-refractivity contribution < 1.29 is 23.1 Å². The number of nitrogens with one attached hydrogen (secondary N) is 2. The molecule has 0 radical (unpaired) electrons. The molecule has 3 atom stereocenters. The monoisotopic (exact) mass is 476 g/mol. The summed E-state index contributed by atoms with van der Waals surface area (Å²) in [5.41, 5.74) is 8.82. The summed E-state index contributed by atoms with van der Waals surface area (Å²) in [5, 5.41) is 16.8. The minimum absolute atomic E-state index is 0.0245. The molecule has 1 unspecified atom stereocenters. The van der Waals surface area contributed by atoms with E-state index in [1.807, 2.05) is 18.2 Å². The minimum atomic E-state index is -4.42. The first-order chi connectivity index (χ1) is 15.6. The van der Waals surface area contributed by atoms with Gasteiger partial charge in [0.25, 0.3) is 0 Å². The van der Waals surface area contributed by atoms with Crippen molar-refractivity contribution in [3.63, 3.8) is 0 Å². The molecule has 6 nitrogen and oxygen atoms in total. The predicted octanol–water partition coefficient (Wildman–Crippen LogP) is 4.23. The molecule has 2 heterocycles. The number of aliphatic hydroxyl groups excluding tert-OH is 1. The van der Waals surface area contributed by atoms with Crippen LogP contribution in [0.25, 0.3) is 10.4 Å². The highest BCUT2D eigenvalue weighted by atomic mass is 32.1. The fourth-order valence-corrected chi connectivity index (χ4v) is 4.80. The van der Waals surface area contributed by atoms with Crippen molar-refractivity contribution in [2.24, 2.45) is 5.73 Å². The van der Waals surface area contributed by atoms with Gasteiger partial charge in [-0.25, -0.2) is 4.98 Å². The van der Waals surface area contributed by atoms with E-state index in [1.165, 1.54) is 23.5 Å². The van der Waals surface area contributed by atoms with Crippen molar-refractivity contribution in [1.29, 1.82) is 0 Å². The first kappa shape index (κ1) is 23.2. The number of carbonyl (C=O) groups is 1. The summed E-state index contributed by atoms with van der Waals surface area (Å²) in [6.07, 6.45) is -3.19. The molecule has 4 rings (SSSR count).